The summed E-state index contributed by atoms with van der Waals surface area (Å²) in [5.41, 5.74) is 0. The predicted octanol–water partition coefficient (Wildman–Crippen LogP) is 0.304. The Kier molecular flexibility index (Phi) is 1.86. The van der Waals surface area contributed by atoms with E-state index in [9.17, 15) is 0 Å². The van der Waals surface area contributed by atoms with Crippen molar-refractivity contribution in [2.45, 2.75) is 32.4 Å². The highest BCUT2D eigenvalue weighted by atomic mass is 15.2. The van der Waals surface area contributed by atoms with Gasteiger partial charge in [0.2, 0.25) is 0 Å². The van der Waals surface area contributed by atoms with Gasteiger partial charge < -0.3 is 10.6 Å². The molecule has 1 heterocycles. The second-order valence-corrected chi connectivity index (χ2v) is 2.39. The molecule has 0 bridgehead atoms. The van der Waals surface area contributed by atoms with Crippen molar-refractivity contribution in [3.8, 4) is 0 Å². The average molecular weight is 114 g/mol. The van der Waals surface area contributed by atoms with Crippen molar-refractivity contribution in [3.63, 3.8) is 0 Å². The Hall–Kier alpha value is -0.0800. The molecule has 1 rings (SSSR count). The van der Waals surface area contributed by atoms with E-state index in [-0.39, 0.29) is 0 Å². The van der Waals surface area contributed by atoms with Crippen LogP contribution in [0.2, 0.25) is 0 Å². The average Bonchev–Trinajstić information content (AvgIpc) is 2.14. The van der Waals surface area contributed by atoms with E-state index in [0.717, 1.165) is 6.67 Å². The lowest BCUT2D eigenvalue weighted by molar-refractivity contribution is 0.527. The van der Waals surface area contributed by atoms with E-state index in [2.05, 4.69) is 24.5 Å². The van der Waals surface area contributed by atoms with Crippen molar-refractivity contribution in [2.24, 2.45) is 0 Å². The van der Waals surface area contributed by atoms with Gasteiger partial charge in [0, 0.05) is 18.8 Å². The van der Waals surface area contributed by atoms with Crippen LogP contribution in [0.15, 0.2) is 0 Å². The van der Waals surface area contributed by atoms with Gasteiger partial charge in [-0.25, -0.2) is 0 Å². The Morgan fingerprint density at radius 1 is 1.50 bits per heavy atom. The Labute approximate surface area is 50.7 Å². The van der Waals surface area contributed by atoms with Crippen LogP contribution in [0, 0.1) is 0 Å². The van der Waals surface area contributed by atoms with Gasteiger partial charge in [-0.15, -0.1) is 0 Å². The molecule has 2 heteroatoms. The molecule has 0 spiro atoms. The normalized spacial score (nSPS) is 38.2. The molecule has 48 valence electrons. The fraction of sp³-hybridized carbons (Fsp3) is 1.00. The summed E-state index contributed by atoms with van der Waals surface area (Å²) in [7, 11) is 0. The van der Waals surface area contributed by atoms with Gasteiger partial charge in [-0.1, -0.05) is 6.92 Å². The monoisotopic (exact) mass is 114 g/mol. The summed E-state index contributed by atoms with van der Waals surface area (Å²) < 4.78 is 0. The minimum Gasteiger partial charge on any atom is -0.300 e. The molecule has 0 saturated carbocycles. The van der Waals surface area contributed by atoms with E-state index < -0.39 is 0 Å². The van der Waals surface area contributed by atoms with Gasteiger partial charge >= 0.3 is 0 Å². The fourth-order valence-corrected chi connectivity index (χ4v) is 1.17. The van der Waals surface area contributed by atoms with Crippen molar-refractivity contribution in [3.05, 3.63) is 0 Å². The SMILES string of the molecule is CCC1NCNC1C. The quantitative estimate of drug-likeness (QED) is 0.512. The van der Waals surface area contributed by atoms with Crippen LogP contribution in [0.4, 0.5) is 0 Å². The molecular weight excluding hydrogens is 100 g/mol. The first-order valence-corrected chi connectivity index (χ1v) is 3.31. The van der Waals surface area contributed by atoms with Crippen molar-refractivity contribution in [1.29, 1.82) is 0 Å². The van der Waals surface area contributed by atoms with Gasteiger partial charge in [0.25, 0.3) is 0 Å². The maximum absolute atomic E-state index is 3.34. The molecule has 1 fully saturated rings. The van der Waals surface area contributed by atoms with E-state index in [1.165, 1.54) is 6.42 Å². The lowest BCUT2D eigenvalue weighted by atomic mass is 10.1. The summed E-state index contributed by atoms with van der Waals surface area (Å²) in [5, 5.41) is 6.65. The number of nitrogens with one attached hydrogen (secondary N) is 2. The predicted molar refractivity (Wildman–Crippen MR) is 34.7 cm³/mol. The van der Waals surface area contributed by atoms with Crippen LogP contribution < -0.4 is 10.6 Å². The van der Waals surface area contributed by atoms with E-state index >= 15 is 0 Å². The maximum atomic E-state index is 3.34. The van der Waals surface area contributed by atoms with Gasteiger partial charge in [0.15, 0.2) is 0 Å². The standard InChI is InChI=1S/C6H14N2/c1-3-6-5(2)7-4-8-6/h5-8H,3-4H2,1-2H3. The first kappa shape index (κ1) is 6.05. The Balaban J connectivity index is 2.30. The topological polar surface area (TPSA) is 24.1 Å². The van der Waals surface area contributed by atoms with Crippen LogP contribution >= 0.6 is 0 Å². The molecule has 0 aromatic rings. The molecule has 8 heavy (non-hydrogen) atoms. The van der Waals surface area contributed by atoms with Gasteiger partial charge in [0.05, 0.1) is 0 Å². The van der Waals surface area contributed by atoms with Crippen LogP contribution in [0.3, 0.4) is 0 Å². The molecule has 1 aliphatic heterocycles. The molecule has 0 amide bonds. The summed E-state index contributed by atoms with van der Waals surface area (Å²) >= 11 is 0. The Morgan fingerprint density at radius 2 is 2.25 bits per heavy atom. The number of hydrogen-bond donors (Lipinski definition) is 2. The molecule has 0 aromatic carbocycles. The summed E-state index contributed by atoms with van der Waals surface area (Å²) in [5.74, 6) is 0. The second-order valence-electron chi connectivity index (χ2n) is 2.39. The number of hydrogen-bond acceptors (Lipinski definition) is 2. The van der Waals surface area contributed by atoms with Crippen LogP contribution in [-0.2, 0) is 0 Å². The van der Waals surface area contributed by atoms with Gasteiger partial charge in [0.1, 0.15) is 0 Å². The van der Waals surface area contributed by atoms with Gasteiger partial charge in [-0.3, -0.25) is 0 Å². The van der Waals surface area contributed by atoms with Gasteiger partial charge in [-0.05, 0) is 13.3 Å². The molecule has 1 aliphatic rings. The zero-order valence-corrected chi connectivity index (χ0v) is 5.57. The summed E-state index contributed by atoms with van der Waals surface area (Å²) in [4.78, 5) is 0. The Bertz CT molecular complexity index is 72.9. The molecule has 2 unspecified atom stereocenters. The third-order valence-electron chi connectivity index (χ3n) is 1.83. The van der Waals surface area contributed by atoms with Crippen molar-refractivity contribution in [1.82, 2.24) is 10.6 Å². The highest BCUT2D eigenvalue weighted by Crippen LogP contribution is 2.01. The molecule has 0 aromatic heterocycles. The maximum Gasteiger partial charge on any atom is 0.0459 e. The minimum absolute atomic E-state index is 0.667. The highest BCUT2D eigenvalue weighted by molar-refractivity contribution is 4.82. The summed E-state index contributed by atoms with van der Waals surface area (Å²) in [6.07, 6.45) is 1.23. The van der Waals surface area contributed by atoms with E-state index in [1.54, 1.807) is 0 Å². The Morgan fingerprint density at radius 3 is 2.50 bits per heavy atom. The van der Waals surface area contributed by atoms with Crippen LogP contribution in [0.1, 0.15) is 20.3 Å². The molecule has 2 N–H and O–H groups in total. The molecule has 1 saturated heterocycles. The minimum atomic E-state index is 0.667. The third-order valence-corrected chi connectivity index (χ3v) is 1.83. The van der Waals surface area contributed by atoms with Crippen molar-refractivity contribution >= 4 is 0 Å². The third kappa shape index (κ3) is 1.01. The molecular formula is C6H14N2. The summed E-state index contributed by atoms with van der Waals surface area (Å²) in [6.45, 7) is 5.41. The number of rotatable bonds is 1. The van der Waals surface area contributed by atoms with Gasteiger partial charge in [-0.2, -0.15) is 0 Å². The zero-order chi connectivity index (χ0) is 5.98. The molecule has 0 aliphatic carbocycles. The lowest BCUT2D eigenvalue weighted by Crippen LogP contribution is -2.29. The molecule has 0 radical (unpaired) electrons. The van der Waals surface area contributed by atoms with Crippen molar-refractivity contribution < 1.29 is 0 Å². The lowest BCUT2D eigenvalue weighted by Gasteiger charge is -2.10. The van der Waals surface area contributed by atoms with E-state index in [0.29, 0.717) is 12.1 Å². The smallest absolute Gasteiger partial charge is 0.0459 e. The first-order chi connectivity index (χ1) is 3.84. The summed E-state index contributed by atoms with van der Waals surface area (Å²) in [6, 6.07) is 1.37. The largest absolute Gasteiger partial charge is 0.300 e. The van der Waals surface area contributed by atoms with Crippen LogP contribution in [0.25, 0.3) is 0 Å². The molecule has 2 nitrogen and oxygen atoms in total. The fourth-order valence-electron chi connectivity index (χ4n) is 1.17. The highest BCUT2D eigenvalue weighted by Gasteiger charge is 2.18. The molecule has 2 atom stereocenters. The second kappa shape index (κ2) is 2.46. The van der Waals surface area contributed by atoms with Crippen molar-refractivity contribution in [2.75, 3.05) is 6.67 Å². The first-order valence-electron chi connectivity index (χ1n) is 3.31. The van der Waals surface area contributed by atoms with Crippen LogP contribution in [0.5, 0.6) is 0 Å². The van der Waals surface area contributed by atoms with E-state index in [1.807, 2.05) is 0 Å². The van der Waals surface area contributed by atoms with Crippen LogP contribution in [-0.4, -0.2) is 18.8 Å². The van der Waals surface area contributed by atoms with E-state index in [4.69, 9.17) is 0 Å². The zero-order valence-electron chi connectivity index (χ0n) is 5.57.